The third-order valence-electron chi connectivity index (χ3n) is 0.797. The number of carbonyl (C=O) groups excluding carboxylic acids is 1. The Morgan fingerprint density at radius 2 is 2.57 bits per heavy atom. The van der Waals surface area contributed by atoms with E-state index in [1.807, 2.05) is 0 Å². The molecule has 1 rings (SSSR count). The van der Waals surface area contributed by atoms with Gasteiger partial charge in [0.2, 0.25) is 0 Å². The molecular weight excluding hydrogens is 96.0 g/mol. The fourth-order valence-electron chi connectivity index (χ4n) is 0.372. The van der Waals surface area contributed by atoms with E-state index < -0.39 is 5.97 Å². The quantitative estimate of drug-likeness (QED) is 0.399. The van der Waals surface area contributed by atoms with Gasteiger partial charge in [-0.3, -0.25) is 0 Å². The molecule has 0 radical (unpaired) electrons. The number of rotatable bonds is 2. The molecule has 1 saturated heterocycles. The van der Waals surface area contributed by atoms with Gasteiger partial charge in [0, 0.05) is 12.4 Å². The topological polar surface area (TPSA) is 52.7 Å². The van der Waals surface area contributed by atoms with Crippen molar-refractivity contribution in [3.63, 3.8) is 0 Å². The van der Waals surface area contributed by atoms with Gasteiger partial charge in [-0.05, 0) is 0 Å². The standard InChI is InChI=1S/C4H6O3/c5-4(6)1-3-2-7-3/h3H,1-2H2,(H,5,6)/p-1/t3-/m1/s1. The molecule has 1 aliphatic rings. The minimum atomic E-state index is -1.03. The maximum Gasteiger partial charge on any atom is 0.0861 e. The van der Waals surface area contributed by atoms with Crippen LogP contribution in [0.15, 0.2) is 0 Å². The first-order valence-electron chi connectivity index (χ1n) is 2.10. The van der Waals surface area contributed by atoms with Crippen molar-refractivity contribution < 1.29 is 14.6 Å². The lowest BCUT2D eigenvalue weighted by Gasteiger charge is -1.92. The van der Waals surface area contributed by atoms with Crippen LogP contribution in [0.2, 0.25) is 0 Å². The third-order valence-corrected chi connectivity index (χ3v) is 0.797. The second kappa shape index (κ2) is 1.50. The van der Waals surface area contributed by atoms with Crippen molar-refractivity contribution in [3.05, 3.63) is 0 Å². The lowest BCUT2D eigenvalue weighted by molar-refractivity contribution is -0.305. The van der Waals surface area contributed by atoms with Crippen LogP contribution in [0.4, 0.5) is 0 Å². The van der Waals surface area contributed by atoms with Crippen molar-refractivity contribution >= 4 is 5.97 Å². The molecule has 0 aromatic carbocycles. The van der Waals surface area contributed by atoms with Gasteiger partial charge in [-0.1, -0.05) is 0 Å². The van der Waals surface area contributed by atoms with Crippen LogP contribution in [0.25, 0.3) is 0 Å². The smallest absolute Gasteiger partial charge is 0.0861 e. The molecule has 0 N–H and O–H groups in total. The van der Waals surface area contributed by atoms with E-state index in [0.717, 1.165) is 0 Å². The number of carboxylic acid groups (broad SMARTS) is 1. The van der Waals surface area contributed by atoms with E-state index in [0.29, 0.717) is 6.61 Å². The summed E-state index contributed by atoms with van der Waals surface area (Å²) in [6.07, 6.45) is 0.0185. The number of carboxylic acids is 1. The van der Waals surface area contributed by atoms with Gasteiger partial charge in [0.25, 0.3) is 0 Å². The molecule has 3 heteroatoms. The molecule has 1 atom stereocenters. The zero-order valence-electron chi connectivity index (χ0n) is 3.72. The maximum atomic E-state index is 9.66. The van der Waals surface area contributed by atoms with Gasteiger partial charge in [-0.2, -0.15) is 0 Å². The fourth-order valence-corrected chi connectivity index (χ4v) is 0.372. The van der Waals surface area contributed by atoms with Crippen molar-refractivity contribution in [1.82, 2.24) is 0 Å². The Morgan fingerprint density at radius 1 is 2.00 bits per heavy atom. The number of carbonyl (C=O) groups is 1. The van der Waals surface area contributed by atoms with E-state index in [2.05, 4.69) is 4.74 Å². The Labute approximate surface area is 40.9 Å². The minimum absolute atomic E-state index is 0.0370. The molecule has 0 spiro atoms. The summed E-state index contributed by atoms with van der Waals surface area (Å²) in [6.45, 7) is 0.591. The summed E-state index contributed by atoms with van der Waals surface area (Å²) < 4.78 is 4.60. The normalized spacial score (nSPS) is 27.1. The van der Waals surface area contributed by atoms with Crippen LogP contribution in [-0.4, -0.2) is 18.7 Å². The number of aliphatic carboxylic acids is 1. The molecule has 3 nitrogen and oxygen atoms in total. The highest BCUT2D eigenvalue weighted by atomic mass is 16.6. The first kappa shape index (κ1) is 4.59. The number of hydrogen-bond acceptors (Lipinski definition) is 3. The van der Waals surface area contributed by atoms with E-state index in [1.54, 1.807) is 0 Å². The highest BCUT2D eigenvalue weighted by Crippen LogP contribution is 2.11. The van der Waals surface area contributed by atoms with Crippen LogP contribution >= 0.6 is 0 Å². The summed E-state index contributed by atoms with van der Waals surface area (Å²) in [5, 5.41) is 9.66. The highest BCUT2D eigenvalue weighted by molar-refractivity contribution is 5.65. The summed E-state index contributed by atoms with van der Waals surface area (Å²) in [5.41, 5.74) is 0. The summed E-state index contributed by atoms with van der Waals surface area (Å²) in [5.74, 6) is -1.03. The predicted octanol–water partition coefficient (Wildman–Crippen LogP) is -1.47. The van der Waals surface area contributed by atoms with Crippen molar-refractivity contribution in [3.8, 4) is 0 Å². The van der Waals surface area contributed by atoms with E-state index in [4.69, 9.17) is 0 Å². The molecule has 0 aliphatic carbocycles. The van der Waals surface area contributed by atoms with Gasteiger partial charge in [-0.15, -0.1) is 0 Å². The van der Waals surface area contributed by atoms with Gasteiger partial charge in [-0.25, -0.2) is 0 Å². The first-order valence-corrected chi connectivity index (χ1v) is 2.10. The Hall–Kier alpha value is -0.570. The molecule has 1 fully saturated rings. The molecule has 0 unspecified atom stereocenters. The second-order valence-corrected chi connectivity index (χ2v) is 1.53. The molecular formula is C4H5O3-. The van der Waals surface area contributed by atoms with Crippen LogP contribution in [0.1, 0.15) is 6.42 Å². The number of epoxide rings is 1. The van der Waals surface area contributed by atoms with Crippen LogP contribution in [0, 0.1) is 0 Å². The zero-order valence-corrected chi connectivity index (χ0v) is 3.72. The van der Waals surface area contributed by atoms with E-state index in [-0.39, 0.29) is 12.5 Å². The monoisotopic (exact) mass is 101 g/mol. The molecule has 40 valence electrons. The first-order chi connectivity index (χ1) is 3.29. The minimum Gasteiger partial charge on any atom is -0.550 e. The Bertz CT molecular complexity index is 84.9. The average molecular weight is 101 g/mol. The fraction of sp³-hybridized carbons (Fsp3) is 0.750. The molecule has 0 aromatic heterocycles. The van der Waals surface area contributed by atoms with Crippen LogP contribution in [-0.2, 0) is 9.53 Å². The molecule has 1 aliphatic heterocycles. The third kappa shape index (κ3) is 1.55. The number of ether oxygens (including phenoxy) is 1. The van der Waals surface area contributed by atoms with Crippen molar-refractivity contribution in [1.29, 1.82) is 0 Å². The lowest BCUT2D eigenvalue weighted by Crippen LogP contribution is -2.23. The van der Waals surface area contributed by atoms with Gasteiger partial charge >= 0.3 is 0 Å². The van der Waals surface area contributed by atoms with Crippen molar-refractivity contribution in [2.24, 2.45) is 0 Å². The van der Waals surface area contributed by atoms with Gasteiger partial charge in [0.1, 0.15) is 0 Å². The van der Waals surface area contributed by atoms with Gasteiger partial charge in [0.05, 0.1) is 12.7 Å². The van der Waals surface area contributed by atoms with E-state index in [9.17, 15) is 9.90 Å². The van der Waals surface area contributed by atoms with Gasteiger partial charge < -0.3 is 14.6 Å². The molecule has 0 saturated carbocycles. The lowest BCUT2D eigenvalue weighted by atomic mass is 10.3. The van der Waals surface area contributed by atoms with Crippen LogP contribution in [0.3, 0.4) is 0 Å². The summed E-state index contributed by atoms with van der Waals surface area (Å²) >= 11 is 0. The largest absolute Gasteiger partial charge is 0.550 e. The Morgan fingerprint density at radius 3 is 2.71 bits per heavy atom. The molecule has 1 heterocycles. The second-order valence-electron chi connectivity index (χ2n) is 1.53. The zero-order chi connectivity index (χ0) is 5.28. The van der Waals surface area contributed by atoms with Crippen molar-refractivity contribution in [2.75, 3.05) is 6.61 Å². The molecule has 0 amide bonds. The summed E-state index contributed by atoms with van der Waals surface area (Å²) in [6, 6.07) is 0. The highest BCUT2D eigenvalue weighted by Gasteiger charge is 2.21. The van der Waals surface area contributed by atoms with E-state index >= 15 is 0 Å². The molecule has 0 aromatic rings. The maximum absolute atomic E-state index is 9.66. The summed E-state index contributed by atoms with van der Waals surface area (Å²) in [7, 11) is 0. The van der Waals surface area contributed by atoms with E-state index in [1.165, 1.54) is 0 Å². The van der Waals surface area contributed by atoms with Crippen LogP contribution in [0.5, 0.6) is 0 Å². The molecule has 0 bridgehead atoms. The Balaban J connectivity index is 2.08. The van der Waals surface area contributed by atoms with Gasteiger partial charge in [0.15, 0.2) is 0 Å². The molecule has 7 heavy (non-hydrogen) atoms. The summed E-state index contributed by atoms with van der Waals surface area (Å²) in [4.78, 5) is 9.66. The SMILES string of the molecule is O=C([O-])C[C@@H]1CO1. The predicted molar refractivity (Wildman–Crippen MR) is 19.4 cm³/mol. The van der Waals surface area contributed by atoms with Crippen molar-refractivity contribution in [2.45, 2.75) is 12.5 Å². The van der Waals surface area contributed by atoms with Crippen LogP contribution < -0.4 is 5.11 Å². The number of hydrogen-bond donors (Lipinski definition) is 0. The Kier molecular flexibility index (Phi) is 0.982. The average Bonchev–Trinajstić information content (AvgIpc) is 2.17.